The third-order valence-electron chi connectivity index (χ3n) is 3.78. The van der Waals surface area contributed by atoms with Crippen molar-refractivity contribution in [2.75, 3.05) is 19.6 Å². The van der Waals surface area contributed by atoms with Gasteiger partial charge in [-0.2, -0.15) is 0 Å². The first-order valence-corrected chi connectivity index (χ1v) is 9.35. The molecule has 0 unspecified atom stereocenters. The third kappa shape index (κ3) is 11.7. The summed E-state index contributed by atoms with van der Waals surface area (Å²) in [6.45, 7) is 4.57. The predicted octanol–water partition coefficient (Wildman–Crippen LogP) is 2.66. The van der Waals surface area contributed by atoms with E-state index in [0.717, 1.165) is 19.1 Å². The number of rotatable bonds is 14. The topological polar surface area (TPSA) is 28.6 Å². The average molecular weight is 305 g/mol. The summed E-state index contributed by atoms with van der Waals surface area (Å²) >= 11 is 0. The van der Waals surface area contributed by atoms with E-state index in [-0.39, 0.29) is 0 Å². The van der Waals surface area contributed by atoms with Gasteiger partial charge in [-0.3, -0.25) is 0 Å². The number of hydrogen-bond donors (Lipinski definition) is 2. The van der Waals surface area contributed by atoms with Crippen LogP contribution in [0.25, 0.3) is 0 Å². The highest BCUT2D eigenvalue weighted by atomic mass is 28.1. The summed E-state index contributed by atoms with van der Waals surface area (Å²) in [5, 5.41) is 5.93. The smallest absolute Gasteiger partial charge is 0.101 e. The quantitative estimate of drug-likeness (QED) is 0.401. The van der Waals surface area contributed by atoms with E-state index in [2.05, 4.69) is 51.2 Å². The number of nitrogens with one attached hydrogen (secondary N) is 1. The Balaban J connectivity index is 1.75. The van der Waals surface area contributed by atoms with Crippen LogP contribution in [0.3, 0.4) is 0 Å². The van der Waals surface area contributed by atoms with Gasteiger partial charge in [0.15, 0.2) is 0 Å². The monoisotopic (exact) mass is 304 g/mol. The Bertz CT molecular complexity index is 316. The summed E-state index contributed by atoms with van der Waals surface area (Å²) in [6.07, 6.45) is 9.66. The van der Waals surface area contributed by atoms with E-state index in [1.807, 2.05) is 0 Å². The van der Waals surface area contributed by atoms with Gasteiger partial charge in [-0.05, 0) is 13.0 Å². The highest BCUT2D eigenvalue weighted by Crippen LogP contribution is 2.07. The largest absolute Gasteiger partial charge is 0.341 e. The predicted molar refractivity (Wildman–Crippen MR) is 92.7 cm³/mol. The molecule has 0 aliphatic heterocycles. The van der Waals surface area contributed by atoms with Crippen LogP contribution in [-0.2, 0) is 6.54 Å². The fourth-order valence-electron chi connectivity index (χ4n) is 2.47. The number of unbranched alkanes of at least 4 members (excludes halogenated alkanes) is 6. The van der Waals surface area contributed by atoms with Crippen LogP contribution in [0.15, 0.2) is 30.3 Å². The Morgan fingerprint density at radius 3 is 2.19 bits per heavy atom. The third-order valence-corrected chi connectivity index (χ3v) is 4.13. The Hall–Kier alpha value is -0.643. The van der Waals surface area contributed by atoms with Crippen LogP contribution in [0, 0.1) is 0 Å². The molecule has 3 N–H and O–H groups in total. The molecule has 0 bridgehead atoms. The van der Waals surface area contributed by atoms with Gasteiger partial charge in [-0.25, -0.2) is 0 Å². The van der Waals surface area contributed by atoms with Crippen LogP contribution in [0.2, 0.25) is 6.04 Å². The minimum absolute atomic E-state index is 1.09. The van der Waals surface area contributed by atoms with Crippen LogP contribution in [0.5, 0.6) is 0 Å². The summed E-state index contributed by atoms with van der Waals surface area (Å²) in [4.78, 5) is 0. The maximum absolute atomic E-state index is 3.55. The molecule has 1 aromatic carbocycles. The number of quaternary nitrogens is 1. The Labute approximate surface area is 134 Å². The molecule has 3 radical (unpaired) electrons. The second-order valence-corrected chi connectivity index (χ2v) is 6.24. The molecular formula is C18H32N2Si+. The van der Waals surface area contributed by atoms with E-state index in [0.29, 0.717) is 0 Å². The first kappa shape index (κ1) is 18.4. The lowest BCUT2D eigenvalue weighted by Crippen LogP contribution is -2.84. The molecular weight excluding hydrogens is 272 g/mol. The molecule has 117 valence electrons. The minimum atomic E-state index is 1.09. The van der Waals surface area contributed by atoms with Crippen LogP contribution in [-0.4, -0.2) is 29.9 Å². The summed E-state index contributed by atoms with van der Waals surface area (Å²) in [7, 11) is 3.53. The summed E-state index contributed by atoms with van der Waals surface area (Å²) in [5.74, 6) is 0. The van der Waals surface area contributed by atoms with Gasteiger partial charge in [0.1, 0.15) is 6.54 Å². The molecule has 21 heavy (non-hydrogen) atoms. The van der Waals surface area contributed by atoms with E-state index in [4.69, 9.17) is 0 Å². The van der Waals surface area contributed by atoms with Crippen LogP contribution in [0.4, 0.5) is 0 Å². The molecule has 0 aromatic heterocycles. The highest BCUT2D eigenvalue weighted by Gasteiger charge is 1.95. The second-order valence-electron chi connectivity index (χ2n) is 5.74. The van der Waals surface area contributed by atoms with Crippen molar-refractivity contribution < 1.29 is 5.32 Å². The zero-order valence-corrected chi connectivity index (χ0v) is 14.4. The van der Waals surface area contributed by atoms with E-state index >= 15 is 0 Å². The summed E-state index contributed by atoms with van der Waals surface area (Å²) < 4.78 is 0. The molecule has 0 aliphatic rings. The molecule has 0 heterocycles. The zero-order chi connectivity index (χ0) is 15.0. The van der Waals surface area contributed by atoms with E-state index < -0.39 is 0 Å². The van der Waals surface area contributed by atoms with Gasteiger partial charge >= 0.3 is 0 Å². The lowest BCUT2D eigenvalue weighted by molar-refractivity contribution is -0.668. The van der Waals surface area contributed by atoms with Crippen molar-refractivity contribution in [1.29, 1.82) is 0 Å². The van der Waals surface area contributed by atoms with Gasteiger partial charge in [0.2, 0.25) is 0 Å². The molecule has 2 nitrogen and oxygen atoms in total. The Morgan fingerprint density at radius 2 is 1.48 bits per heavy atom. The SMILES string of the molecule is [Si]CCCCCCCCCNCC[NH2+]Cc1ccccc1. The van der Waals surface area contributed by atoms with E-state index in [1.165, 1.54) is 63.6 Å². The average Bonchev–Trinajstić information content (AvgIpc) is 2.53. The van der Waals surface area contributed by atoms with Crippen molar-refractivity contribution in [3.63, 3.8) is 0 Å². The number of benzene rings is 1. The van der Waals surface area contributed by atoms with Gasteiger partial charge in [0, 0.05) is 22.4 Å². The normalized spacial score (nSPS) is 10.9. The van der Waals surface area contributed by atoms with Gasteiger partial charge in [-0.15, -0.1) is 0 Å². The van der Waals surface area contributed by atoms with Gasteiger partial charge in [0.25, 0.3) is 0 Å². The maximum atomic E-state index is 3.55. The molecule has 3 heteroatoms. The van der Waals surface area contributed by atoms with Crippen LogP contribution >= 0.6 is 0 Å². The fraction of sp³-hybridized carbons (Fsp3) is 0.667. The maximum Gasteiger partial charge on any atom is 0.101 e. The van der Waals surface area contributed by atoms with Crippen molar-refractivity contribution in [2.45, 2.75) is 57.5 Å². The first-order valence-electron chi connectivity index (χ1n) is 8.64. The second kappa shape index (κ2) is 14.3. The van der Waals surface area contributed by atoms with Crippen molar-refractivity contribution >= 4 is 10.2 Å². The van der Waals surface area contributed by atoms with Crippen molar-refractivity contribution in [3.05, 3.63) is 35.9 Å². The molecule has 0 aliphatic carbocycles. The van der Waals surface area contributed by atoms with Crippen LogP contribution in [0.1, 0.15) is 50.5 Å². The van der Waals surface area contributed by atoms with Crippen molar-refractivity contribution in [2.24, 2.45) is 0 Å². The molecule has 0 spiro atoms. The Morgan fingerprint density at radius 1 is 0.810 bits per heavy atom. The van der Waals surface area contributed by atoms with E-state index in [9.17, 15) is 0 Å². The standard InChI is InChI=1S/C18H31N2Si/c21-16-10-5-3-1-2-4-9-13-19-14-15-20-17-18-11-7-6-8-12-18/h6-8,11-12,19-20H,1-5,9-10,13-17H2/p+1. The lowest BCUT2D eigenvalue weighted by atomic mass is 10.1. The number of hydrogen-bond acceptors (Lipinski definition) is 1. The first-order chi connectivity index (χ1) is 10.4. The minimum Gasteiger partial charge on any atom is -0.341 e. The summed E-state index contributed by atoms with van der Waals surface area (Å²) in [5.41, 5.74) is 1.41. The van der Waals surface area contributed by atoms with Gasteiger partial charge < -0.3 is 10.6 Å². The number of nitrogens with two attached hydrogens (primary N) is 1. The zero-order valence-electron chi connectivity index (χ0n) is 13.4. The lowest BCUT2D eigenvalue weighted by Gasteiger charge is -2.05. The Kier molecular flexibility index (Phi) is 12.5. The van der Waals surface area contributed by atoms with Gasteiger partial charge in [-0.1, -0.05) is 74.9 Å². The summed E-state index contributed by atoms with van der Waals surface area (Å²) in [6, 6.07) is 11.9. The molecule has 0 saturated carbocycles. The van der Waals surface area contributed by atoms with Crippen molar-refractivity contribution in [3.8, 4) is 0 Å². The van der Waals surface area contributed by atoms with E-state index in [1.54, 1.807) is 0 Å². The fourth-order valence-corrected chi connectivity index (χ4v) is 2.72. The molecule has 0 atom stereocenters. The molecule has 0 saturated heterocycles. The molecule has 0 amide bonds. The van der Waals surface area contributed by atoms with Gasteiger partial charge in [0.05, 0.1) is 6.54 Å². The molecule has 0 fully saturated rings. The molecule has 1 aromatic rings. The highest BCUT2D eigenvalue weighted by molar-refractivity contribution is 6.08. The van der Waals surface area contributed by atoms with Crippen molar-refractivity contribution in [1.82, 2.24) is 5.32 Å². The van der Waals surface area contributed by atoms with Crippen LogP contribution < -0.4 is 10.6 Å². The molecule has 1 rings (SSSR count).